The van der Waals surface area contributed by atoms with Crippen LogP contribution < -0.4 is 11.1 Å². The number of nitrogens with one attached hydrogen (secondary N) is 1. The maximum atomic E-state index is 11.8. The lowest BCUT2D eigenvalue weighted by atomic mass is 9.96. The third-order valence-electron chi connectivity index (χ3n) is 2.38. The molecular formula is C12H19ClN4O2. The normalized spacial score (nSPS) is 11.4. The Morgan fingerprint density at radius 2 is 2.16 bits per heavy atom. The zero-order chi connectivity index (χ0) is 14.5. The van der Waals surface area contributed by atoms with Crippen molar-refractivity contribution in [2.24, 2.45) is 11.1 Å². The number of anilines is 1. The summed E-state index contributed by atoms with van der Waals surface area (Å²) >= 11 is 5.93. The second-order valence-corrected chi connectivity index (χ2v) is 5.43. The minimum atomic E-state index is -0.496. The summed E-state index contributed by atoms with van der Waals surface area (Å²) in [6.45, 7) is 6.06. The largest absolute Gasteiger partial charge is 0.366 e. The molecule has 7 heteroatoms. The molecule has 1 amide bonds. The third-order valence-corrected chi connectivity index (χ3v) is 2.70. The highest BCUT2D eigenvalue weighted by molar-refractivity contribution is 6.30. The van der Waals surface area contributed by atoms with E-state index in [9.17, 15) is 4.79 Å². The molecule has 0 aromatic carbocycles. The molecule has 0 aliphatic rings. The van der Waals surface area contributed by atoms with Gasteiger partial charge in [-0.25, -0.2) is 0 Å². The van der Waals surface area contributed by atoms with Gasteiger partial charge in [-0.05, 0) is 18.1 Å². The zero-order valence-electron chi connectivity index (χ0n) is 11.4. The fraction of sp³-hybridized carbons (Fsp3) is 0.583. The van der Waals surface area contributed by atoms with Gasteiger partial charge in [-0.3, -0.25) is 4.79 Å². The molecule has 3 N–H and O–H groups in total. The highest BCUT2D eigenvalue weighted by atomic mass is 35.5. The molecule has 19 heavy (non-hydrogen) atoms. The average molecular weight is 287 g/mol. The fourth-order valence-electron chi connectivity index (χ4n) is 1.22. The van der Waals surface area contributed by atoms with E-state index in [2.05, 4.69) is 15.5 Å². The van der Waals surface area contributed by atoms with E-state index < -0.39 is 5.41 Å². The minimum Gasteiger partial charge on any atom is -0.366 e. The SMILES string of the molecule is CC(C)(C)C(=O)Nc1cc(CCOCN)c(Cl)nn1. The second kappa shape index (κ2) is 6.79. The van der Waals surface area contributed by atoms with Gasteiger partial charge in [0.25, 0.3) is 0 Å². The van der Waals surface area contributed by atoms with Gasteiger partial charge >= 0.3 is 0 Å². The number of aromatic nitrogens is 2. The molecule has 0 aliphatic carbocycles. The highest BCUT2D eigenvalue weighted by Gasteiger charge is 2.22. The first-order valence-electron chi connectivity index (χ1n) is 5.96. The van der Waals surface area contributed by atoms with E-state index in [4.69, 9.17) is 22.1 Å². The van der Waals surface area contributed by atoms with Crippen molar-refractivity contribution in [1.29, 1.82) is 0 Å². The van der Waals surface area contributed by atoms with Crippen molar-refractivity contribution in [3.63, 3.8) is 0 Å². The monoisotopic (exact) mass is 286 g/mol. The van der Waals surface area contributed by atoms with Gasteiger partial charge in [-0.2, -0.15) is 0 Å². The Bertz CT molecular complexity index is 446. The molecule has 0 bridgehead atoms. The Kier molecular flexibility index (Phi) is 5.65. The van der Waals surface area contributed by atoms with Crippen LogP contribution in [0.4, 0.5) is 5.82 Å². The number of carbonyl (C=O) groups excluding carboxylic acids is 1. The number of amides is 1. The van der Waals surface area contributed by atoms with E-state index >= 15 is 0 Å². The highest BCUT2D eigenvalue weighted by Crippen LogP contribution is 2.19. The van der Waals surface area contributed by atoms with Gasteiger partial charge in [0.2, 0.25) is 5.91 Å². The van der Waals surface area contributed by atoms with Crippen LogP contribution in [0.3, 0.4) is 0 Å². The summed E-state index contributed by atoms with van der Waals surface area (Å²) in [5, 5.41) is 10.7. The smallest absolute Gasteiger partial charge is 0.230 e. The summed E-state index contributed by atoms with van der Waals surface area (Å²) < 4.78 is 5.05. The molecule has 0 unspecified atom stereocenters. The average Bonchev–Trinajstić information content (AvgIpc) is 2.32. The molecule has 106 valence electrons. The summed E-state index contributed by atoms with van der Waals surface area (Å²) in [6.07, 6.45) is 0.559. The van der Waals surface area contributed by atoms with Crippen molar-refractivity contribution >= 4 is 23.3 Å². The molecule has 0 spiro atoms. The van der Waals surface area contributed by atoms with Crippen LogP contribution in [0.2, 0.25) is 5.15 Å². The zero-order valence-corrected chi connectivity index (χ0v) is 12.1. The van der Waals surface area contributed by atoms with Gasteiger partial charge in [0, 0.05) is 5.41 Å². The fourth-order valence-corrected chi connectivity index (χ4v) is 1.41. The molecule has 0 aliphatic heterocycles. The van der Waals surface area contributed by atoms with Crippen LogP contribution in [0.5, 0.6) is 0 Å². The topological polar surface area (TPSA) is 90.1 Å². The summed E-state index contributed by atoms with van der Waals surface area (Å²) in [4.78, 5) is 11.8. The van der Waals surface area contributed by atoms with Gasteiger partial charge in [-0.1, -0.05) is 32.4 Å². The van der Waals surface area contributed by atoms with Crippen molar-refractivity contribution in [2.75, 3.05) is 18.7 Å². The first-order chi connectivity index (χ1) is 8.84. The second-order valence-electron chi connectivity index (χ2n) is 5.07. The van der Waals surface area contributed by atoms with E-state index in [1.165, 1.54) is 0 Å². The van der Waals surface area contributed by atoms with Crippen LogP contribution in [-0.2, 0) is 16.0 Å². The van der Waals surface area contributed by atoms with Gasteiger partial charge in [0.05, 0.1) is 13.3 Å². The molecule has 6 nitrogen and oxygen atoms in total. The molecule has 0 atom stereocenters. The van der Waals surface area contributed by atoms with Crippen LogP contribution >= 0.6 is 11.6 Å². The van der Waals surface area contributed by atoms with E-state index in [1.807, 2.05) is 20.8 Å². The standard InChI is InChI=1S/C12H19ClN4O2/c1-12(2,3)11(18)15-9-6-8(4-5-19-7-14)10(13)17-16-9/h6H,4-5,7,14H2,1-3H3,(H,15,16,18). The molecule has 1 aromatic heterocycles. The van der Waals surface area contributed by atoms with Gasteiger partial charge in [0.1, 0.15) is 0 Å². The lowest BCUT2D eigenvalue weighted by Gasteiger charge is -2.17. The molecule has 0 saturated heterocycles. The Balaban J connectivity index is 2.75. The summed E-state index contributed by atoms with van der Waals surface area (Å²) in [5.41, 5.74) is 5.50. The molecule has 1 aromatic rings. The first kappa shape index (κ1) is 15.8. The van der Waals surface area contributed by atoms with Crippen molar-refractivity contribution in [3.05, 3.63) is 16.8 Å². The molecule has 1 heterocycles. The molecular weight excluding hydrogens is 268 g/mol. The predicted octanol–water partition coefficient (Wildman–Crippen LogP) is 1.59. The Morgan fingerprint density at radius 3 is 2.74 bits per heavy atom. The molecule has 0 fully saturated rings. The van der Waals surface area contributed by atoms with Crippen LogP contribution in [0.1, 0.15) is 26.3 Å². The van der Waals surface area contributed by atoms with Crippen molar-refractivity contribution in [3.8, 4) is 0 Å². The number of hydrogen-bond acceptors (Lipinski definition) is 5. The van der Waals surface area contributed by atoms with Crippen molar-refractivity contribution in [1.82, 2.24) is 10.2 Å². The Hall–Kier alpha value is -1.24. The number of nitrogens with zero attached hydrogens (tertiary/aromatic N) is 2. The molecule has 0 saturated carbocycles. The first-order valence-corrected chi connectivity index (χ1v) is 6.33. The predicted molar refractivity (Wildman–Crippen MR) is 73.8 cm³/mol. The van der Waals surface area contributed by atoms with Crippen LogP contribution in [0.25, 0.3) is 0 Å². The van der Waals surface area contributed by atoms with Gasteiger partial charge < -0.3 is 15.8 Å². The number of halogens is 1. The third kappa shape index (κ3) is 5.10. The molecule has 0 radical (unpaired) electrons. The number of rotatable bonds is 5. The minimum absolute atomic E-state index is 0.131. The Labute approximate surface area is 117 Å². The quantitative estimate of drug-likeness (QED) is 0.634. The van der Waals surface area contributed by atoms with Crippen LogP contribution in [0, 0.1) is 5.41 Å². The van der Waals surface area contributed by atoms with Crippen molar-refractivity contribution < 1.29 is 9.53 Å². The summed E-state index contributed by atoms with van der Waals surface area (Å²) in [5.74, 6) is 0.250. The van der Waals surface area contributed by atoms with E-state index in [1.54, 1.807) is 6.07 Å². The number of carbonyl (C=O) groups is 1. The van der Waals surface area contributed by atoms with Crippen LogP contribution in [0.15, 0.2) is 6.07 Å². The maximum absolute atomic E-state index is 11.8. The lowest BCUT2D eigenvalue weighted by molar-refractivity contribution is -0.123. The number of hydrogen-bond donors (Lipinski definition) is 2. The lowest BCUT2D eigenvalue weighted by Crippen LogP contribution is -2.28. The van der Waals surface area contributed by atoms with Gasteiger partial charge in [0.15, 0.2) is 11.0 Å². The molecule has 1 rings (SSSR count). The van der Waals surface area contributed by atoms with E-state index in [0.29, 0.717) is 24.0 Å². The summed E-state index contributed by atoms with van der Waals surface area (Å²) in [7, 11) is 0. The van der Waals surface area contributed by atoms with E-state index in [-0.39, 0.29) is 12.6 Å². The number of ether oxygens (including phenoxy) is 1. The summed E-state index contributed by atoms with van der Waals surface area (Å²) in [6, 6.07) is 1.69. The maximum Gasteiger partial charge on any atom is 0.230 e. The van der Waals surface area contributed by atoms with Crippen molar-refractivity contribution in [2.45, 2.75) is 27.2 Å². The van der Waals surface area contributed by atoms with Gasteiger partial charge in [-0.15, -0.1) is 10.2 Å². The van der Waals surface area contributed by atoms with E-state index in [0.717, 1.165) is 5.56 Å². The Morgan fingerprint density at radius 1 is 1.47 bits per heavy atom. The van der Waals surface area contributed by atoms with Crippen LogP contribution in [-0.4, -0.2) is 29.4 Å². The number of nitrogens with two attached hydrogens (primary N) is 1.